The van der Waals surface area contributed by atoms with Gasteiger partial charge in [-0.25, -0.2) is 5.53 Å². The maximum Gasteiger partial charge on any atom is 0.248 e. The number of aromatic amines is 1. The third kappa shape index (κ3) is 3.70. The molecule has 2 aliphatic rings. The van der Waals surface area contributed by atoms with Crippen molar-refractivity contribution in [2.75, 3.05) is 0 Å². The number of hydrogen-bond donors (Lipinski definition) is 4. The third-order valence-corrected chi connectivity index (χ3v) is 5.59. The minimum absolute atomic E-state index is 0.0876. The number of fused-ring (bicyclic) bond motifs is 3. The second-order valence-electron chi connectivity index (χ2n) is 7.42. The van der Waals surface area contributed by atoms with Crippen LogP contribution in [0, 0.1) is 5.53 Å². The lowest BCUT2D eigenvalue weighted by molar-refractivity contribution is 0.337. The minimum atomic E-state index is -0.0876. The van der Waals surface area contributed by atoms with Gasteiger partial charge in [0.25, 0.3) is 0 Å². The van der Waals surface area contributed by atoms with E-state index in [-0.39, 0.29) is 5.56 Å². The molecule has 1 aromatic carbocycles. The summed E-state index contributed by atoms with van der Waals surface area (Å²) in [7, 11) is 0. The van der Waals surface area contributed by atoms with Gasteiger partial charge in [-0.15, -0.1) is 0 Å². The fourth-order valence-electron chi connectivity index (χ4n) is 4.31. The molecule has 6 nitrogen and oxygen atoms in total. The molecule has 2 saturated heterocycles. The van der Waals surface area contributed by atoms with Crippen LogP contribution in [0.4, 0.5) is 0 Å². The van der Waals surface area contributed by atoms with E-state index in [1.54, 1.807) is 6.07 Å². The van der Waals surface area contributed by atoms with Crippen LogP contribution in [0.2, 0.25) is 0 Å². The van der Waals surface area contributed by atoms with Crippen LogP contribution in [0.5, 0.6) is 0 Å². The number of allylic oxidation sites excluding steroid dienone is 1. The Labute approximate surface area is 152 Å². The van der Waals surface area contributed by atoms with E-state index in [2.05, 4.69) is 20.7 Å². The van der Waals surface area contributed by atoms with E-state index in [1.807, 2.05) is 30.5 Å². The van der Waals surface area contributed by atoms with Gasteiger partial charge in [0.1, 0.15) is 0 Å². The SMILES string of the molecule is N=N/C(=C\NC1CC2CCC(C1)N2)CCc1cc(=O)[nH]c2ccccc12. The van der Waals surface area contributed by atoms with Gasteiger partial charge in [-0.3, -0.25) is 4.79 Å². The third-order valence-electron chi connectivity index (χ3n) is 5.59. The van der Waals surface area contributed by atoms with Crippen molar-refractivity contribution in [1.29, 1.82) is 5.53 Å². The van der Waals surface area contributed by atoms with Crippen molar-refractivity contribution >= 4 is 10.9 Å². The molecule has 2 atom stereocenters. The van der Waals surface area contributed by atoms with Gasteiger partial charge < -0.3 is 15.6 Å². The van der Waals surface area contributed by atoms with Crippen LogP contribution >= 0.6 is 0 Å². The van der Waals surface area contributed by atoms with E-state index in [9.17, 15) is 4.79 Å². The van der Waals surface area contributed by atoms with Crippen LogP contribution in [0.15, 0.2) is 52.1 Å². The van der Waals surface area contributed by atoms with E-state index in [1.165, 1.54) is 12.8 Å². The van der Waals surface area contributed by atoms with Crippen LogP contribution in [0.25, 0.3) is 10.9 Å². The second-order valence-corrected chi connectivity index (χ2v) is 7.42. The molecule has 3 heterocycles. The first-order valence-electron chi connectivity index (χ1n) is 9.41. The molecular formula is C20H25N5O. The molecule has 136 valence electrons. The molecule has 4 N–H and O–H groups in total. The van der Waals surface area contributed by atoms with Crippen molar-refractivity contribution in [2.45, 2.75) is 56.7 Å². The quantitative estimate of drug-likeness (QED) is 0.602. The largest absolute Gasteiger partial charge is 0.387 e. The van der Waals surface area contributed by atoms with Crippen LogP contribution < -0.4 is 16.2 Å². The molecule has 0 saturated carbocycles. The van der Waals surface area contributed by atoms with Gasteiger partial charge in [0, 0.05) is 41.3 Å². The number of rotatable bonds is 6. The highest BCUT2D eigenvalue weighted by Crippen LogP contribution is 2.27. The van der Waals surface area contributed by atoms with Gasteiger partial charge in [-0.2, -0.15) is 5.11 Å². The molecule has 0 radical (unpaired) electrons. The molecule has 0 amide bonds. The highest BCUT2D eigenvalue weighted by molar-refractivity contribution is 5.81. The number of aromatic nitrogens is 1. The Balaban J connectivity index is 1.43. The maximum absolute atomic E-state index is 11.9. The Hall–Kier alpha value is -2.47. The molecule has 1 aromatic heterocycles. The molecule has 2 aromatic rings. The fourth-order valence-corrected chi connectivity index (χ4v) is 4.31. The van der Waals surface area contributed by atoms with Crippen LogP contribution in [0.1, 0.15) is 37.7 Å². The van der Waals surface area contributed by atoms with E-state index in [0.717, 1.165) is 35.0 Å². The lowest BCUT2D eigenvalue weighted by Gasteiger charge is -2.29. The topological polar surface area (TPSA) is 93.1 Å². The second kappa shape index (κ2) is 7.41. The van der Waals surface area contributed by atoms with Crippen molar-refractivity contribution in [3.8, 4) is 0 Å². The molecule has 0 aliphatic carbocycles. The van der Waals surface area contributed by atoms with Gasteiger partial charge in [0.2, 0.25) is 5.56 Å². The standard InChI is InChI=1S/C20H25N5O/c21-25-16(12-22-17-10-14-7-8-15(11-17)23-14)6-5-13-9-20(26)24-19-4-2-1-3-18(13)19/h1-4,9,12,14-15,17,21-23H,5-8,10-11H2,(H,24,26)/b16-12-,25-21?. The highest BCUT2D eigenvalue weighted by atomic mass is 16.1. The number of aryl methyl sites for hydroxylation is 1. The minimum Gasteiger partial charge on any atom is -0.387 e. The smallest absolute Gasteiger partial charge is 0.248 e. The lowest BCUT2D eigenvalue weighted by Crippen LogP contribution is -2.44. The Morgan fingerprint density at radius 2 is 2.04 bits per heavy atom. The summed E-state index contributed by atoms with van der Waals surface area (Å²) in [4.78, 5) is 14.7. The first-order valence-corrected chi connectivity index (χ1v) is 9.41. The predicted molar refractivity (Wildman–Crippen MR) is 102 cm³/mol. The summed E-state index contributed by atoms with van der Waals surface area (Å²) in [5.74, 6) is 0. The zero-order valence-electron chi connectivity index (χ0n) is 14.8. The van der Waals surface area contributed by atoms with E-state index < -0.39 is 0 Å². The van der Waals surface area contributed by atoms with Gasteiger partial charge in [0.05, 0.1) is 5.70 Å². The number of benzene rings is 1. The first-order chi connectivity index (χ1) is 12.7. The molecule has 26 heavy (non-hydrogen) atoms. The van der Waals surface area contributed by atoms with Crippen molar-refractivity contribution < 1.29 is 0 Å². The van der Waals surface area contributed by atoms with Crippen LogP contribution in [0.3, 0.4) is 0 Å². The number of pyridine rings is 1. The zero-order chi connectivity index (χ0) is 17.9. The van der Waals surface area contributed by atoms with Crippen LogP contribution in [-0.4, -0.2) is 23.1 Å². The van der Waals surface area contributed by atoms with Crippen molar-refractivity contribution in [1.82, 2.24) is 15.6 Å². The number of piperidine rings is 1. The summed E-state index contributed by atoms with van der Waals surface area (Å²) in [6.45, 7) is 0. The number of nitrogens with zero attached hydrogens (tertiary/aromatic N) is 1. The average Bonchev–Trinajstić information content (AvgIpc) is 2.99. The summed E-state index contributed by atoms with van der Waals surface area (Å²) in [5, 5.41) is 11.9. The number of nitrogens with one attached hydrogen (secondary N) is 4. The number of hydrogen-bond acceptors (Lipinski definition) is 5. The summed E-state index contributed by atoms with van der Waals surface area (Å²) in [5.41, 5.74) is 9.96. The summed E-state index contributed by atoms with van der Waals surface area (Å²) in [6, 6.07) is 11.2. The Morgan fingerprint density at radius 1 is 1.27 bits per heavy atom. The molecule has 2 bridgehead atoms. The van der Waals surface area contributed by atoms with Gasteiger partial charge >= 0.3 is 0 Å². The maximum atomic E-state index is 11.9. The van der Waals surface area contributed by atoms with Gasteiger partial charge in [-0.05, 0) is 50.2 Å². The Kier molecular flexibility index (Phi) is 4.84. The molecule has 2 fully saturated rings. The molecule has 6 heteroatoms. The molecular weight excluding hydrogens is 326 g/mol. The van der Waals surface area contributed by atoms with Crippen molar-refractivity contribution in [2.24, 2.45) is 5.11 Å². The number of para-hydroxylation sites is 1. The molecule has 2 aliphatic heterocycles. The first kappa shape index (κ1) is 17.0. The lowest BCUT2D eigenvalue weighted by atomic mass is 10.00. The van der Waals surface area contributed by atoms with Crippen LogP contribution in [-0.2, 0) is 6.42 Å². The monoisotopic (exact) mass is 351 g/mol. The van der Waals surface area contributed by atoms with E-state index in [4.69, 9.17) is 5.53 Å². The Bertz CT molecular complexity index is 875. The van der Waals surface area contributed by atoms with Crippen molar-refractivity contribution in [3.63, 3.8) is 0 Å². The Morgan fingerprint density at radius 3 is 2.81 bits per heavy atom. The van der Waals surface area contributed by atoms with Gasteiger partial charge in [-0.1, -0.05) is 18.2 Å². The normalized spacial score (nSPS) is 25.4. The summed E-state index contributed by atoms with van der Waals surface area (Å²) >= 11 is 0. The molecule has 0 spiro atoms. The summed E-state index contributed by atoms with van der Waals surface area (Å²) < 4.78 is 0. The molecule has 4 rings (SSSR count). The predicted octanol–water partition coefficient (Wildman–Crippen LogP) is 3.21. The fraction of sp³-hybridized carbons (Fsp3) is 0.450. The summed E-state index contributed by atoms with van der Waals surface area (Å²) in [6.07, 6.45) is 8.06. The zero-order valence-corrected chi connectivity index (χ0v) is 14.8. The van der Waals surface area contributed by atoms with Gasteiger partial charge in [0.15, 0.2) is 0 Å². The molecule has 2 unspecified atom stereocenters. The number of H-pyrrole nitrogens is 1. The highest BCUT2D eigenvalue weighted by Gasteiger charge is 2.32. The van der Waals surface area contributed by atoms with Crippen molar-refractivity contribution in [3.05, 3.63) is 58.1 Å². The van der Waals surface area contributed by atoms with E-state index in [0.29, 0.717) is 31.0 Å². The van der Waals surface area contributed by atoms with E-state index >= 15 is 0 Å². The average molecular weight is 351 g/mol.